The van der Waals surface area contributed by atoms with Gasteiger partial charge in [0.05, 0.1) is 0 Å². The highest BCUT2D eigenvalue weighted by molar-refractivity contribution is 5.74. The second-order valence-corrected chi connectivity index (χ2v) is 6.55. The maximum atomic E-state index is 12.3. The summed E-state index contributed by atoms with van der Waals surface area (Å²) in [5.41, 5.74) is 3.96. The van der Waals surface area contributed by atoms with E-state index in [1.165, 1.54) is 36.1 Å². The quantitative estimate of drug-likeness (QED) is 0.911. The van der Waals surface area contributed by atoms with E-state index in [4.69, 9.17) is 0 Å². The summed E-state index contributed by atoms with van der Waals surface area (Å²) in [6, 6.07) is 6.69. The van der Waals surface area contributed by atoms with Crippen LogP contribution in [0.5, 0.6) is 0 Å². The van der Waals surface area contributed by atoms with E-state index in [2.05, 4.69) is 35.5 Å². The first-order valence-electron chi connectivity index (χ1n) is 8.60. The largest absolute Gasteiger partial charge is 0.374 e. The minimum Gasteiger partial charge on any atom is -0.374 e. The number of rotatable bonds is 2. The molecule has 120 valence electrons. The Kier molecular flexibility index (Phi) is 4.86. The van der Waals surface area contributed by atoms with Crippen LogP contribution in [0, 0.1) is 0 Å². The topological polar surface area (TPSA) is 35.6 Å². The number of carbonyl (C=O) groups excluding carboxylic acids is 1. The van der Waals surface area contributed by atoms with Crippen molar-refractivity contribution < 1.29 is 4.79 Å². The molecule has 0 atom stereocenters. The lowest BCUT2D eigenvalue weighted by Gasteiger charge is -2.28. The predicted octanol–water partition coefficient (Wildman–Crippen LogP) is 3.15. The van der Waals surface area contributed by atoms with Crippen LogP contribution in [0.15, 0.2) is 18.2 Å². The first-order chi connectivity index (χ1) is 10.7. The highest BCUT2D eigenvalue weighted by atomic mass is 16.2. The molecular formula is C18H27N3O. The van der Waals surface area contributed by atoms with Crippen LogP contribution >= 0.6 is 0 Å². The van der Waals surface area contributed by atoms with Crippen molar-refractivity contribution in [3.63, 3.8) is 0 Å². The summed E-state index contributed by atoms with van der Waals surface area (Å²) in [5, 5.41) is 3.09. The van der Waals surface area contributed by atoms with Crippen molar-refractivity contribution in [3.8, 4) is 0 Å². The number of hydrogen-bond acceptors (Lipinski definition) is 2. The molecule has 0 aromatic heterocycles. The van der Waals surface area contributed by atoms with Gasteiger partial charge in [0.2, 0.25) is 0 Å². The van der Waals surface area contributed by atoms with Crippen molar-refractivity contribution in [2.45, 2.75) is 45.1 Å². The zero-order valence-corrected chi connectivity index (χ0v) is 13.6. The minimum atomic E-state index is 0.0942. The number of carbonyl (C=O) groups is 1. The Morgan fingerprint density at radius 3 is 2.64 bits per heavy atom. The average Bonchev–Trinajstić information content (AvgIpc) is 2.82. The Morgan fingerprint density at radius 1 is 1.09 bits per heavy atom. The Balaban J connectivity index is 1.58. The number of urea groups is 1. The van der Waals surface area contributed by atoms with Crippen LogP contribution in [0.4, 0.5) is 10.5 Å². The first-order valence-corrected chi connectivity index (χ1v) is 8.60. The molecule has 2 aliphatic rings. The number of anilines is 1. The zero-order chi connectivity index (χ0) is 15.4. The SMILES string of the molecule is CN1CCCc2cc(CNC(=O)N3CCCCCC3)ccc21. The molecule has 4 heteroatoms. The molecule has 0 spiro atoms. The highest BCUT2D eigenvalue weighted by Crippen LogP contribution is 2.26. The lowest BCUT2D eigenvalue weighted by atomic mass is 9.99. The molecule has 1 aromatic rings. The summed E-state index contributed by atoms with van der Waals surface area (Å²) >= 11 is 0. The second kappa shape index (κ2) is 7.03. The van der Waals surface area contributed by atoms with Gasteiger partial charge in [0.15, 0.2) is 0 Å². The molecule has 2 heterocycles. The standard InChI is InChI=1S/C18H27N3O/c1-20-10-6-7-16-13-15(8-9-17(16)20)14-19-18(22)21-11-4-2-3-5-12-21/h8-9,13H,2-7,10-12,14H2,1H3,(H,19,22). The first kappa shape index (κ1) is 15.2. The molecule has 0 aliphatic carbocycles. The molecule has 1 saturated heterocycles. The molecule has 1 aromatic carbocycles. The number of fused-ring (bicyclic) bond motifs is 1. The van der Waals surface area contributed by atoms with E-state index in [0.29, 0.717) is 6.54 Å². The second-order valence-electron chi connectivity index (χ2n) is 6.55. The summed E-state index contributed by atoms with van der Waals surface area (Å²) < 4.78 is 0. The molecule has 2 aliphatic heterocycles. The number of benzene rings is 1. The lowest BCUT2D eigenvalue weighted by molar-refractivity contribution is 0.199. The summed E-state index contributed by atoms with van der Waals surface area (Å²) in [4.78, 5) is 16.6. The van der Waals surface area contributed by atoms with Gasteiger partial charge in [0, 0.05) is 38.9 Å². The monoisotopic (exact) mass is 301 g/mol. The number of likely N-dealkylation sites (tertiary alicyclic amines) is 1. The smallest absolute Gasteiger partial charge is 0.317 e. The van der Waals surface area contributed by atoms with Gasteiger partial charge in [-0.05, 0) is 42.9 Å². The zero-order valence-electron chi connectivity index (χ0n) is 13.6. The normalized spacial score (nSPS) is 18.6. The fraction of sp³-hybridized carbons (Fsp3) is 0.611. The molecular weight excluding hydrogens is 274 g/mol. The van der Waals surface area contributed by atoms with E-state index < -0.39 is 0 Å². The Hall–Kier alpha value is -1.71. The van der Waals surface area contributed by atoms with Crippen molar-refractivity contribution in [2.75, 3.05) is 31.6 Å². The summed E-state index contributed by atoms with van der Waals surface area (Å²) in [6.45, 7) is 3.58. The van der Waals surface area contributed by atoms with E-state index >= 15 is 0 Å². The number of amides is 2. The molecule has 0 radical (unpaired) electrons. The average molecular weight is 301 g/mol. The molecule has 1 fully saturated rings. The summed E-state index contributed by atoms with van der Waals surface area (Å²) in [7, 11) is 2.15. The van der Waals surface area contributed by atoms with Crippen LogP contribution in [-0.2, 0) is 13.0 Å². The van der Waals surface area contributed by atoms with Crippen LogP contribution in [0.2, 0.25) is 0 Å². The number of aryl methyl sites for hydroxylation is 1. The molecule has 0 unspecified atom stereocenters. The number of nitrogens with one attached hydrogen (secondary N) is 1. The predicted molar refractivity (Wildman–Crippen MR) is 90.3 cm³/mol. The molecule has 22 heavy (non-hydrogen) atoms. The van der Waals surface area contributed by atoms with Gasteiger partial charge in [-0.15, -0.1) is 0 Å². The summed E-state index contributed by atoms with van der Waals surface area (Å²) in [5.74, 6) is 0. The molecule has 0 saturated carbocycles. The van der Waals surface area contributed by atoms with Gasteiger partial charge >= 0.3 is 6.03 Å². The Bertz CT molecular complexity index is 521. The van der Waals surface area contributed by atoms with Gasteiger partial charge < -0.3 is 15.1 Å². The molecule has 3 rings (SSSR count). The van der Waals surface area contributed by atoms with E-state index in [-0.39, 0.29) is 6.03 Å². The highest BCUT2D eigenvalue weighted by Gasteiger charge is 2.16. The molecule has 0 bridgehead atoms. The third kappa shape index (κ3) is 3.54. The van der Waals surface area contributed by atoms with Crippen LogP contribution in [0.25, 0.3) is 0 Å². The minimum absolute atomic E-state index is 0.0942. The van der Waals surface area contributed by atoms with Gasteiger partial charge in [0.1, 0.15) is 0 Å². The maximum Gasteiger partial charge on any atom is 0.317 e. The van der Waals surface area contributed by atoms with Crippen molar-refractivity contribution in [3.05, 3.63) is 29.3 Å². The van der Waals surface area contributed by atoms with E-state index in [1.54, 1.807) is 0 Å². The third-order valence-corrected chi connectivity index (χ3v) is 4.83. The Morgan fingerprint density at radius 2 is 1.86 bits per heavy atom. The summed E-state index contributed by atoms with van der Waals surface area (Å²) in [6.07, 6.45) is 7.14. The fourth-order valence-corrected chi connectivity index (χ4v) is 3.51. The van der Waals surface area contributed by atoms with Crippen molar-refractivity contribution in [1.29, 1.82) is 0 Å². The van der Waals surface area contributed by atoms with Crippen LogP contribution < -0.4 is 10.2 Å². The number of hydrogen-bond donors (Lipinski definition) is 1. The van der Waals surface area contributed by atoms with Gasteiger partial charge in [-0.2, -0.15) is 0 Å². The van der Waals surface area contributed by atoms with E-state index in [9.17, 15) is 4.79 Å². The van der Waals surface area contributed by atoms with E-state index in [0.717, 1.165) is 38.9 Å². The Labute approximate surface area is 133 Å². The van der Waals surface area contributed by atoms with Crippen molar-refractivity contribution in [1.82, 2.24) is 10.2 Å². The van der Waals surface area contributed by atoms with Crippen molar-refractivity contribution in [2.24, 2.45) is 0 Å². The third-order valence-electron chi connectivity index (χ3n) is 4.83. The van der Waals surface area contributed by atoms with Gasteiger partial charge in [0.25, 0.3) is 0 Å². The van der Waals surface area contributed by atoms with E-state index in [1.807, 2.05) is 4.90 Å². The fourth-order valence-electron chi connectivity index (χ4n) is 3.51. The van der Waals surface area contributed by atoms with Crippen LogP contribution in [-0.4, -0.2) is 37.6 Å². The van der Waals surface area contributed by atoms with Gasteiger partial charge in [-0.25, -0.2) is 4.79 Å². The molecule has 2 amide bonds. The van der Waals surface area contributed by atoms with Gasteiger partial charge in [-0.3, -0.25) is 0 Å². The maximum absolute atomic E-state index is 12.3. The van der Waals surface area contributed by atoms with Gasteiger partial charge in [-0.1, -0.05) is 25.0 Å². The lowest BCUT2D eigenvalue weighted by Crippen LogP contribution is -2.40. The van der Waals surface area contributed by atoms with Crippen LogP contribution in [0.3, 0.4) is 0 Å². The van der Waals surface area contributed by atoms with Crippen LogP contribution in [0.1, 0.15) is 43.2 Å². The van der Waals surface area contributed by atoms with Crippen molar-refractivity contribution >= 4 is 11.7 Å². The molecule has 1 N–H and O–H groups in total. The molecule has 4 nitrogen and oxygen atoms in total. The number of nitrogens with zero attached hydrogens (tertiary/aromatic N) is 2.